The first-order valence-electron chi connectivity index (χ1n) is 7.68. The predicted octanol–water partition coefficient (Wildman–Crippen LogP) is 3.48. The Bertz CT molecular complexity index is 757. The van der Waals surface area contributed by atoms with E-state index in [-0.39, 0.29) is 6.61 Å². The number of amides is 1. The second-order valence-electron chi connectivity index (χ2n) is 5.25. The number of benzene rings is 2. The molecule has 0 saturated carbocycles. The molecule has 0 aromatic heterocycles. The van der Waals surface area contributed by atoms with E-state index >= 15 is 0 Å². The van der Waals surface area contributed by atoms with Crippen molar-refractivity contribution >= 4 is 12.4 Å². The normalized spacial score (nSPS) is 9.54. The summed E-state index contributed by atoms with van der Waals surface area (Å²) in [5.74, 6) is 5.92. The largest absolute Gasteiger partial charge is 0.445 e. The maximum Gasteiger partial charge on any atom is 0.407 e. The molecule has 0 saturated heterocycles. The third-order valence-electron chi connectivity index (χ3n) is 3.29. The van der Waals surface area contributed by atoms with Crippen LogP contribution in [0.15, 0.2) is 48.5 Å². The molecule has 4 heteroatoms. The van der Waals surface area contributed by atoms with Crippen LogP contribution in [0.5, 0.6) is 0 Å². The van der Waals surface area contributed by atoms with Crippen molar-refractivity contribution in [3.63, 3.8) is 0 Å². The molecule has 0 aliphatic rings. The van der Waals surface area contributed by atoms with E-state index < -0.39 is 6.09 Å². The van der Waals surface area contributed by atoms with Gasteiger partial charge in [-0.1, -0.05) is 54.3 Å². The van der Waals surface area contributed by atoms with Gasteiger partial charge >= 0.3 is 6.09 Å². The molecule has 0 bridgehead atoms. The average molecular weight is 321 g/mol. The minimum Gasteiger partial charge on any atom is -0.445 e. The van der Waals surface area contributed by atoms with Gasteiger partial charge in [0.2, 0.25) is 0 Å². The molecule has 0 fully saturated rings. The van der Waals surface area contributed by atoms with E-state index in [0.29, 0.717) is 24.1 Å². The molecule has 0 radical (unpaired) electrons. The zero-order valence-electron chi connectivity index (χ0n) is 13.5. The molecule has 0 heterocycles. The number of hydrogen-bond donors (Lipinski definition) is 1. The highest BCUT2D eigenvalue weighted by Crippen LogP contribution is 2.08. The first-order chi connectivity index (χ1) is 11.7. The summed E-state index contributed by atoms with van der Waals surface area (Å²) in [5.41, 5.74) is 3.26. The van der Waals surface area contributed by atoms with Crippen LogP contribution in [0.1, 0.15) is 33.5 Å². The molecule has 122 valence electrons. The predicted molar refractivity (Wildman–Crippen MR) is 92.7 cm³/mol. The molecule has 24 heavy (non-hydrogen) atoms. The molecule has 1 N–H and O–H groups in total. The maximum atomic E-state index is 11.6. The van der Waals surface area contributed by atoms with Gasteiger partial charge in [-0.25, -0.2) is 4.79 Å². The number of carbonyl (C=O) groups excluding carboxylic acids is 2. The lowest BCUT2D eigenvalue weighted by molar-refractivity contribution is 0.112. The monoisotopic (exact) mass is 321 g/mol. The van der Waals surface area contributed by atoms with Gasteiger partial charge in [-0.05, 0) is 24.1 Å². The van der Waals surface area contributed by atoms with Crippen molar-refractivity contribution in [3.05, 3.63) is 70.8 Å². The van der Waals surface area contributed by atoms with E-state index in [4.69, 9.17) is 4.74 Å². The van der Waals surface area contributed by atoms with Gasteiger partial charge in [0.05, 0.1) is 0 Å². The smallest absolute Gasteiger partial charge is 0.407 e. The van der Waals surface area contributed by atoms with Crippen LogP contribution in [-0.4, -0.2) is 18.9 Å². The summed E-state index contributed by atoms with van der Waals surface area (Å²) in [5, 5.41) is 2.65. The summed E-state index contributed by atoms with van der Waals surface area (Å²) in [4.78, 5) is 22.5. The van der Waals surface area contributed by atoms with Crippen molar-refractivity contribution in [2.45, 2.75) is 20.0 Å². The zero-order valence-corrected chi connectivity index (χ0v) is 13.5. The summed E-state index contributed by atoms with van der Waals surface area (Å²) in [6.07, 6.45) is 0.805. The van der Waals surface area contributed by atoms with Gasteiger partial charge in [0, 0.05) is 24.1 Å². The molecular formula is C20H19NO3. The van der Waals surface area contributed by atoms with Crippen molar-refractivity contribution in [2.75, 3.05) is 6.54 Å². The topological polar surface area (TPSA) is 55.4 Å². The number of hydrogen-bond acceptors (Lipinski definition) is 3. The number of carbonyl (C=O) groups is 2. The van der Waals surface area contributed by atoms with Gasteiger partial charge in [0.1, 0.15) is 6.61 Å². The van der Waals surface area contributed by atoms with E-state index in [9.17, 15) is 9.59 Å². The van der Waals surface area contributed by atoms with E-state index in [1.54, 1.807) is 6.07 Å². The number of nitrogens with one attached hydrogen (secondary N) is 1. The average Bonchev–Trinajstić information content (AvgIpc) is 2.61. The van der Waals surface area contributed by atoms with Gasteiger partial charge in [0.15, 0.2) is 6.29 Å². The van der Waals surface area contributed by atoms with Crippen LogP contribution in [0.3, 0.4) is 0 Å². The first kappa shape index (κ1) is 17.3. The quantitative estimate of drug-likeness (QED) is 0.521. The summed E-state index contributed by atoms with van der Waals surface area (Å²) in [7, 11) is 0. The van der Waals surface area contributed by atoms with Crippen molar-refractivity contribution in [1.29, 1.82) is 0 Å². The number of rotatable bonds is 5. The molecule has 2 aromatic rings. The van der Waals surface area contributed by atoms with Crippen LogP contribution in [0.4, 0.5) is 4.79 Å². The van der Waals surface area contributed by atoms with Crippen LogP contribution in [0.2, 0.25) is 0 Å². The summed E-state index contributed by atoms with van der Waals surface area (Å²) < 4.78 is 5.10. The van der Waals surface area contributed by atoms with Gasteiger partial charge in [0.25, 0.3) is 0 Å². The Hall–Kier alpha value is -3.06. The van der Waals surface area contributed by atoms with Gasteiger partial charge in [-0.3, -0.25) is 4.79 Å². The number of ether oxygens (including phenoxy) is 1. The lowest BCUT2D eigenvalue weighted by Crippen LogP contribution is -2.24. The number of aldehydes is 1. The van der Waals surface area contributed by atoms with Crippen molar-refractivity contribution in [1.82, 2.24) is 5.32 Å². The Labute approximate surface area is 141 Å². The fourth-order valence-electron chi connectivity index (χ4n) is 2.04. The maximum absolute atomic E-state index is 11.6. The second-order valence-corrected chi connectivity index (χ2v) is 5.25. The highest BCUT2D eigenvalue weighted by atomic mass is 16.5. The minimum absolute atomic E-state index is 0.240. The molecule has 0 aliphatic heterocycles. The molecule has 1 amide bonds. The highest BCUT2D eigenvalue weighted by molar-refractivity contribution is 5.79. The van der Waals surface area contributed by atoms with Crippen molar-refractivity contribution < 1.29 is 14.3 Å². The SMILES string of the molecule is Cc1ccc(C=O)c(C#CCCNC(=O)OCc2ccccc2)c1. The lowest BCUT2D eigenvalue weighted by Gasteiger charge is -2.05. The Balaban J connectivity index is 1.74. The fourth-order valence-corrected chi connectivity index (χ4v) is 2.04. The molecule has 2 rings (SSSR count). The first-order valence-corrected chi connectivity index (χ1v) is 7.68. The molecule has 0 aliphatic carbocycles. The van der Waals surface area contributed by atoms with Crippen LogP contribution in [0.25, 0.3) is 0 Å². The summed E-state index contributed by atoms with van der Waals surface area (Å²) >= 11 is 0. The number of aryl methyl sites for hydroxylation is 1. The molecule has 0 atom stereocenters. The Morgan fingerprint density at radius 3 is 2.75 bits per heavy atom. The van der Waals surface area contributed by atoms with Crippen molar-refractivity contribution in [2.24, 2.45) is 0 Å². The van der Waals surface area contributed by atoms with Crippen molar-refractivity contribution in [3.8, 4) is 11.8 Å². The van der Waals surface area contributed by atoms with Crippen LogP contribution < -0.4 is 5.32 Å². The summed E-state index contributed by atoms with van der Waals surface area (Å²) in [6, 6.07) is 15.0. The second kappa shape index (κ2) is 9.16. The third kappa shape index (κ3) is 5.62. The minimum atomic E-state index is -0.468. The Morgan fingerprint density at radius 2 is 2.00 bits per heavy atom. The highest BCUT2D eigenvalue weighted by Gasteiger charge is 2.01. The van der Waals surface area contributed by atoms with Gasteiger partial charge in [-0.15, -0.1) is 0 Å². The van der Waals surface area contributed by atoms with Crippen LogP contribution in [0, 0.1) is 18.8 Å². The van der Waals surface area contributed by atoms with Gasteiger partial charge < -0.3 is 10.1 Å². The molecular weight excluding hydrogens is 302 g/mol. The lowest BCUT2D eigenvalue weighted by atomic mass is 10.1. The van der Waals surface area contributed by atoms with Gasteiger partial charge in [-0.2, -0.15) is 0 Å². The standard InChI is InChI=1S/C20H19NO3/c1-16-10-11-19(14-22)18(13-16)9-5-6-12-21-20(23)24-15-17-7-3-2-4-8-17/h2-4,7-8,10-11,13-14H,6,12,15H2,1H3,(H,21,23). The zero-order chi connectivity index (χ0) is 17.2. The molecule has 0 spiro atoms. The van der Waals surface area contributed by atoms with E-state index in [2.05, 4.69) is 17.2 Å². The molecule has 2 aromatic carbocycles. The van der Waals surface area contributed by atoms with E-state index in [0.717, 1.165) is 17.4 Å². The van der Waals surface area contributed by atoms with E-state index in [1.165, 1.54) is 0 Å². The molecule has 4 nitrogen and oxygen atoms in total. The summed E-state index contributed by atoms with van der Waals surface area (Å²) in [6.45, 7) is 2.58. The Morgan fingerprint density at radius 1 is 1.21 bits per heavy atom. The molecule has 0 unspecified atom stereocenters. The Kier molecular flexibility index (Phi) is 6.60. The fraction of sp³-hybridized carbons (Fsp3) is 0.200. The third-order valence-corrected chi connectivity index (χ3v) is 3.29. The van der Waals surface area contributed by atoms with E-state index in [1.807, 2.05) is 49.4 Å². The van der Waals surface area contributed by atoms with Crippen LogP contribution in [-0.2, 0) is 11.3 Å². The number of alkyl carbamates (subject to hydrolysis) is 1. The van der Waals surface area contributed by atoms with Crippen LogP contribution >= 0.6 is 0 Å².